The van der Waals surface area contributed by atoms with Crippen LogP contribution in [0.25, 0.3) is 0 Å². The maximum Gasteiger partial charge on any atom is 0.125 e. The smallest absolute Gasteiger partial charge is 0.125 e. The summed E-state index contributed by atoms with van der Waals surface area (Å²) in [7, 11) is 1.80. The Morgan fingerprint density at radius 3 is 2.50 bits per heavy atom. The molecular weight excluding hydrogens is 202 g/mol. The Labute approximate surface area is 96.7 Å². The van der Waals surface area contributed by atoms with Gasteiger partial charge in [-0.25, -0.2) is 9.97 Å². The van der Waals surface area contributed by atoms with Crippen molar-refractivity contribution in [3.63, 3.8) is 0 Å². The minimum absolute atomic E-state index is 0.450. The molecule has 1 saturated heterocycles. The Hall–Kier alpha value is -1.00. The van der Waals surface area contributed by atoms with Crippen LogP contribution < -0.4 is 0 Å². The lowest BCUT2D eigenvalue weighted by Crippen LogP contribution is -2.36. The van der Waals surface area contributed by atoms with Crippen molar-refractivity contribution >= 4 is 0 Å². The second kappa shape index (κ2) is 5.37. The normalized spacial score (nSPS) is 18.9. The minimum Gasteiger partial charge on any atom is -0.381 e. The lowest BCUT2D eigenvalue weighted by atomic mass is 10.1. The molecule has 2 rings (SSSR count). The Morgan fingerprint density at radius 2 is 1.94 bits per heavy atom. The third kappa shape index (κ3) is 3.00. The topological polar surface area (TPSA) is 38.2 Å². The van der Waals surface area contributed by atoms with Gasteiger partial charge in [0.2, 0.25) is 0 Å². The van der Waals surface area contributed by atoms with Gasteiger partial charge >= 0.3 is 0 Å². The fraction of sp³-hybridized carbons (Fsp3) is 0.667. The molecule has 88 valence electrons. The van der Waals surface area contributed by atoms with E-state index in [4.69, 9.17) is 4.74 Å². The lowest BCUT2D eigenvalue weighted by molar-refractivity contribution is 0.0388. The van der Waals surface area contributed by atoms with Crippen LogP contribution in [0.5, 0.6) is 0 Å². The number of ether oxygens (including phenoxy) is 1. The summed E-state index contributed by atoms with van der Waals surface area (Å²) in [6, 6.07) is 0. The highest BCUT2D eigenvalue weighted by molar-refractivity contribution is 5.04. The number of piperidine rings is 1. The van der Waals surface area contributed by atoms with E-state index in [1.807, 2.05) is 19.3 Å². The molecule has 0 saturated carbocycles. The summed E-state index contributed by atoms with van der Waals surface area (Å²) in [6.07, 6.45) is 6.55. The molecule has 0 atom stereocenters. The molecule has 0 aliphatic carbocycles. The molecule has 4 nitrogen and oxygen atoms in total. The molecule has 0 spiro atoms. The summed E-state index contributed by atoms with van der Waals surface area (Å²) in [4.78, 5) is 10.9. The number of methoxy groups -OCH3 is 1. The maximum absolute atomic E-state index is 5.35. The Bertz CT molecular complexity index is 318. The second-order valence-electron chi connectivity index (χ2n) is 4.35. The highest BCUT2D eigenvalue weighted by Gasteiger charge is 2.18. The monoisotopic (exact) mass is 221 g/mol. The van der Waals surface area contributed by atoms with Gasteiger partial charge in [-0.3, -0.25) is 4.90 Å². The number of hydrogen-bond acceptors (Lipinski definition) is 4. The number of aryl methyl sites for hydroxylation is 1. The van der Waals surface area contributed by atoms with Gasteiger partial charge in [-0.15, -0.1) is 0 Å². The summed E-state index contributed by atoms with van der Waals surface area (Å²) in [5, 5.41) is 0. The first-order valence-corrected chi connectivity index (χ1v) is 5.80. The van der Waals surface area contributed by atoms with Crippen LogP contribution in [-0.2, 0) is 11.3 Å². The van der Waals surface area contributed by atoms with Gasteiger partial charge in [0.15, 0.2) is 0 Å². The van der Waals surface area contributed by atoms with E-state index in [1.54, 1.807) is 7.11 Å². The summed E-state index contributed by atoms with van der Waals surface area (Å²) in [5.41, 5.74) is 1.20. The molecule has 1 aliphatic rings. The van der Waals surface area contributed by atoms with Gasteiger partial charge < -0.3 is 4.74 Å². The number of rotatable bonds is 3. The fourth-order valence-electron chi connectivity index (χ4n) is 2.06. The quantitative estimate of drug-likeness (QED) is 0.773. The number of aromatic nitrogens is 2. The Balaban J connectivity index is 1.84. The predicted octanol–water partition coefficient (Wildman–Crippen LogP) is 1.40. The molecule has 1 aromatic heterocycles. The molecule has 1 aliphatic heterocycles. The van der Waals surface area contributed by atoms with Gasteiger partial charge in [-0.1, -0.05) is 0 Å². The van der Waals surface area contributed by atoms with Crippen LogP contribution in [0.15, 0.2) is 12.4 Å². The molecular formula is C12H19N3O. The van der Waals surface area contributed by atoms with Crippen molar-refractivity contribution in [3.05, 3.63) is 23.8 Å². The molecule has 2 heterocycles. The van der Waals surface area contributed by atoms with Gasteiger partial charge in [-0.05, 0) is 19.8 Å². The molecule has 16 heavy (non-hydrogen) atoms. The SMILES string of the molecule is COC1CCN(Cc2cnc(C)nc2)CC1. The first-order chi connectivity index (χ1) is 7.78. The van der Waals surface area contributed by atoms with E-state index in [2.05, 4.69) is 14.9 Å². The van der Waals surface area contributed by atoms with E-state index in [9.17, 15) is 0 Å². The number of nitrogens with zero attached hydrogens (tertiary/aromatic N) is 3. The van der Waals surface area contributed by atoms with Crippen molar-refractivity contribution in [2.45, 2.75) is 32.4 Å². The van der Waals surface area contributed by atoms with Gasteiger partial charge in [0.25, 0.3) is 0 Å². The second-order valence-corrected chi connectivity index (χ2v) is 4.35. The molecule has 4 heteroatoms. The molecule has 0 radical (unpaired) electrons. The molecule has 1 fully saturated rings. The third-order valence-electron chi connectivity index (χ3n) is 3.11. The van der Waals surface area contributed by atoms with E-state index >= 15 is 0 Å². The minimum atomic E-state index is 0.450. The average Bonchev–Trinajstić information content (AvgIpc) is 2.33. The van der Waals surface area contributed by atoms with Gasteiger partial charge in [0, 0.05) is 44.7 Å². The zero-order valence-electron chi connectivity index (χ0n) is 10.0. The maximum atomic E-state index is 5.35. The van der Waals surface area contributed by atoms with Crippen molar-refractivity contribution in [1.29, 1.82) is 0 Å². The fourth-order valence-corrected chi connectivity index (χ4v) is 2.06. The summed E-state index contributed by atoms with van der Waals surface area (Å²) >= 11 is 0. The first-order valence-electron chi connectivity index (χ1n) is 5.80. The average molecular weight is 221 g/mol. The van der Waals surface area contributed by atoms with Crippen molar-refractivity contribution in [2.24, 2.45) is 0 Å². The van der Waals surface area contributed by atoms with E-state index in [0.717, 1.165) is 38.3 Å². The molecule has 0 aromatic carbocycles. The summed E-state index contributed by atoms with van der Waals surface area (Å²) in [5.74, 6) is 0.835. The predicted molar refractivity (Wildman–Crippen MR) is 62.1 cm³/mol. The lowest BCUT2D eigenvalue weighted by Gasteiger charge is -2.30. The molecule has 0 amide bonds. The van der Waals surface area contributed by atoms with Crippen molar-refractivity contribution < 1.29 is 4.74 Å². The van der Waals surface area contributed by atoms with Crippen molar-refractivity contribution in [2.75, 3.05) is 20.2 Å². The van der Waals surface area contributed by atoms with E-state index in [-0.39, 0.29) is 0 Å². The van der Waals surface area contributed by atoms with Gasteiger partial charge in [0.1, 0.15) is 5.82 Å². The van der Waals surface area contributed by atoms with Crippen LogP contribution in [0, 0.1) is 6.92 Å². The van der Waals surface area contributed by atoms with Crippen molar-refractivity contribution in [3.8, 4) is 0 Å². The van der Waals surface area contributed by atoms with E-state index in [1.165, 1.54) is 5.56 Å². The van der Waals surface area contributed by atoms with Crippen LogP contribution in [0.4, 0.5) is 0 Å². The number of hydrogen-bond donors (Lipinski definition) is 0. The molecule has 1 aromatic rings. The van der Waals surface area contributed by atoms with Crippen LogP contribution in [0.1, 0.15) is 24.2 Å². The zero-order chi connectivity index (χ0) is 11.4. The Morgan fingerprint density at radius 1 is 1.31 bits per heavy atom. The molecule has 0 unspecified atom stereocenters. The largest absolute Gasteiger partial charge is 0.381 e. The van der Waals surface area contributed by atoms with Gasteiger partial charge in [-0.2, -0.15) is 0 Å². The summed E-state index contributed by atoms with van der Waals surface area (Å²) in [6.45, 7) is 5.07. The Kier molecular flexibility index (Phi) is 3.85. The van der Waals surface area contributed by atoms with Crippen LogP contribution >= 0.6 is 0 Å². The van der Waals surface area contributed by atoms with Gasteiger partial charge in [0.05, 0.1) is 6.10 Å². The highest BCUT2D eigenvalue weighted by Crippen LogP contribution is 2.14. The zero-order valence-corrected chi connectivity index (χ0v) is 10.0. The van der Waals surface area contributed by atoms with E-state index < -0.39 is 0 Å². The highest BCUT2D eigenvalue weighted by atomic mass is 16.5. The summed E-state index contributed by atoms with van der Waals surface area (Å²) < 4.78 is 5.35. The van der Waals surface area contributed by atoms with Crippen molar-refractivity contribution in [1.82, 2.24) is 14.9 Å². The number of likely N-dealkylation sites (tertiary alicyclic amines) is 1. The molecule has 0 N–H and O–H groups in total. The van der Waals surface area contributed by atoms with Crippen LogP contribution in [-0.4, -0.2) is 41.2 Å². The van der Waals surface area contributed by atoms with E-state index in [0.29, 0.717) is 6.10 Å². The third-order valence-corrected chi connectivity index (χ3v) is 3.11. The van der Waals surface area contributed by atoms with Crippen LogP contribution in [0.3, 0.4) is 0 Å². The standard InChI is InChI=1S/C12H19N3O/c1-10-13-7-11(8-14-10)9-15-5-3-12(16-2)4-6-15/h7-8,12H,3-6,9H2,1-2H3. The first kappa shape index (κ1) is 11.5. The van der Waals surface area contributed by atoms with Crippen LogP contribution in [0.2, 0.25) is 0 Å². The molecule has 0 bridgehead atoms.